The Kier molecular flexibility index (Phi) is 5.65. The van der Waals surface area contributed by atoms with Crippen LogP contribution in [0.2, 0.25) is 0 Å². The van der Waals surface area contributed by atoms with Crippen LogP contribution in [0.1, 0.15) is 12.5 Å². The molecule has 1 aromatic carbocycles. The van der Waals surface area contributed by atoms with E-state index in [9.17, 15) is 9.59 Å². The van der Waals surface area contributed by atoms with Gasteiger partial charge in [0, 0.05) is 6.42 Å². The lowest BCUT2D eigenvalue weighted by Gasteiger charge is -2.17. The number of nitrogens with one attached hydrogen (secondary N) is 2. The number of hydrogen-bond acceptors (Lipinski definition) is 5. The van der Waals surface area contributed by atoms with Crippen molar-refractivity contribution >= 4 is 24.7 Å². The first-order valence-corrected chi connectivity index (χ1v) is 6.09. The number of aliphatic carboxylic acids is 1. The molecule has 1 amide bonds. The van der Waals surface area contributed by atoms with Gasteiger partial charge in [-0.1, -0.05) is 24.9 Å². The van der Waals surface area contributed by atoms with Crippen molar-refractivity contribution in [2.75, 3.05) is 0 Å². The molecule has 0 bridgehead atoms. The van der Waals surface area contributed by atoms with E-state index in [0.29, 0.717) is 5.56 Å². The quantitative estimate of drug-likeness (QED) is 0.485. The third-order valence-corrected chi connectivity index (χ3v) is 2.96. The van der Waals surface area contributed by atoms with Gasteiger partial charge in [0.15, 0.2) is 0 Å². The highest BCUT2D eigenvalue weighted by Gasteiger charge is 2.22. The van der Waals surface area contributed by atoms with Crippen molar-refractivity contribution in [3.05, 3.63) is 29.8 Å². The summed E-state index contributed by atoms with van der Waals surface area (Å²) in [6.45, 7) is 1.57. The number of carbonyl (C=O) groups is 2. The Morgan fingerprint density at radius 1 is 1.32 bits per heavy atom. The van der Waals surface area contributed by atoms with Crippen molar-refractivity contribution in [1.82, 2.24) is 10.0 Å². The van der Waals surface area contributed by atoms with Gasteiger partial charge in [-0.15, -0.1) is 0 Å². The van der Waals surface area contributed by atoms with E-state index < -0.39 is 24.0 Å². The fourth-order valence-electron chi connectivity index (χ4n) is 1.42. The molecule has 19 heavy (non-hydrogen) atoms. The highest BCUT2D eigenvalue weighted by Crippen LogP contribution is 2.11. The molecule has 0 aliphatic heterocycles. The molecule has 104 valence electrons. The molecule has 0 spiro atoms. The molecule has 4 N–H and O–H groups in total. The summed E-state index contributed by atoms with van der Waals surface area (Å²) >= 11 is 3.75. The van der Waals surface area contributed by atoms with Crippen LogP contribution in [0.5, 0.6) is 5.75 Å². The van der Waals surface area contributed by atoms with Crippen molar-refractivity contribution in [1.29, 1.82) is 0 Å². The van der Waals surface area contributed by atoms with Gasteiger partial charge in [-0.05, 0) is 24.6 Å². The molecule has 0 heterocycles. The molecule has 0 aliphatic carbocycles. The second-order valence-electron chi connectivity index (χ2n) is 4.12. The van der Waals surface area contributed by atoms with Gasteiger partial charge in [0.05, 0.1) is 6.04 Å². The lowest BCUT2D eigenvalue weighted by atomic mass is 10.1. The Morgan fingerprint density at radius 2 is 1.89 bits per heavy atom. The van der Waals surface area contributed by atoms with Crippen LogP contribution in [-0.2, 0) is 16.0 Å². The molecule has 6 nitrogen and oxygen atoms in total. The Labute approximate surface area is 116 Å². The van der Waals surface area contributed by atoms with E-state index in [-0.39, 0.29) is 12.2 Å². The number of carboxylic acid groups (broad SMARTS) is 1. The molecule has 0 aromatic heterocycles. The van der Waals surface area contributed by atoms with Crippen molar-refractivity contribution in [2.45, 2.75) is 25.4 Å². The van der Waals surface area contributed by atoms with Gasteiger partial charge in [0.25, 0.3) is 0 Å². The maximum Gasteiger partial charge on any atom is 0.326 e. The Morgan fingerprint density at radius 3 is 2.37 bits per heavy atom. The Hall–Kier alpha value is -1.73. The topological polar surface area (TPSA) is 98.7 Å². The molecule has 1 aromatic rings. The van der Waals surface area contributed by atoms with E-state index in [1.54, 1.807) is 19.1 Å². The number of phenolic OH excluding ortho intramolecular Hbond substituents is 1. The largest absolute Gasteiger partial charge is 0.508 e. The van der Waals surface area contributed by atoms with Gasteiger partial charge in [-0.2, -0.15) is 0 Å². The number of thiol groups is 1. The smallest absolute Gasteiger partial charge is 0.326 e. The summed E-state index contributed by atoms with van der Waals surface area (Å²) in [5, 5.41) is 20.7. The van der Waals surface area contributed by atoms with E-state index in [1.807, 2.05) is 0 Å². The van der Waals surface area contributed by atoms with Crippen LogP contribution in [0.25, 0.3) is 0 Å². The molecule has 2 atom stereocenters. The molecule has 0 saturated heterocycles. The minimum Gasteiger partial charge on any atom is -0.508 e. The molecule has 1 rings (SSSR count). The van der Waals surface area contributed by atoms with Crippen molar-refractivity contribution < 1.29 is 19.8 Å². The number of benzene rings is 1. The third kappa shape index (κ3) is 4.80. The van der Waals surface area contributed by atoms with E-state index in [4.69, 9.17) is 10.2 Å². The second kappa shape index (κ2) is 7.01. The summed E-state index contributed by atoms with van der Waals surface area (Å²) in [5.41, 5.74) is 0.706. The van der Waals surface area contributed by atoms with Crippen LogP contribution in [0, 0.1) is 0 Å². The van der Waals surface area contributed by atoms with Crippen molar-refractivity contribution in [3.63, 3.8) is 0 Å². The highest BCUT2D eigenvalue weighted by molar-refractivity contribution is 7.78. The number of hydrogen-bond donors (Lipinski definition) is 5. The van der Waals surface area contributed by atoms with Gasteiger partial charge < -0.3 is 15.5 Å². The van der Waals surface area contributed by atoms with Gasteiger partial charge in [-0.25, -0.2) is 4.79 Å². The van der Waals surface area contributed by atoms with Crippen LogP contribution in [0.3, 0.4) is 0 Å². The molecule has 0 fully saturated rings. The molecule has 0 aliphatic rings. The Bertz CT molecular complexity index is 450. The monoisotopic (exact) mass is 284 g/mol. The van der Waals surface area contributed by atoms with Gasteiger partial charge in [-0.3, -0.25) is 9.52 Å². The minimum absolute atomic E-state index is 0.104. The van der Waals surface area contributed by atoms with Crippen molar-refractivity contribution in [3.8, 4) is 5.75 Å². The standard InChI is InChI=1S/C12H16N2O4S/c1-7(14-19)11(16)13-10(12(17)18)6-8-2-4-9(15)5-3-8/h2-5,7,10,14-15,19H,6H2,1H3,(H,13,16)(H,17,18)/t7-,10-/m0/s1. The summed E-state index contributed by atoms with van der Waals surface area (Å²) in [5.74, 6) is -1.46. The number of rotatable bonds is 6. The molecule has 0 radical (unpaired) electrons. The van der Waals surface area contributed by atoms with Gasteiger partial charge in [0.2, 0.25) is 5.91 Å². The summed E-state index contributed by atoms with van der Waals surface area (Å²) in [6, 6.07) is 4.53. The van der Waals surface area contributed by atoms with E-state index >= 15 is 0 Å². The predicted octanol–water partition coefficient (Wildman–Crippen LogP) is 0.327. The number of phenols is 1. The maximum atomic E-state index is 11.6. The summed E-state index contributed by atoms with van der Waals surface area (Å²) in [6.07, 6.45) is 0.140. The summed E-state index contributed by atoms with van der Waals surface area (Å²) in [4.78, 5) is 22.7. The fourth-order valence-corrected chi connectivity index (χ4v) is 1.54. The van der Waals surface area contributed by atoms with Gasteiger partial charge >= 0.3 is 5.97 Å². The second-order valence-corrected chi connectivity index (χ2v) is 4.38. The minimum atomic E-state index is -1.12. The highest BCUT2D eigenvalue weighted by atomic mass is 32.1. The third-order valence-electron chi connectivity index (χ3n) is 2.58. The van der Waals surface area contributed by atoms with Gasteiger partial charge in [0.1, 0.15) is 11.8 Å². The predicted molar refractivity (Wildman–Crippen MR) is 73.0 cm³/mol. The summed E-state index contributed by atoms with van der Waals surface area (Å²) in [7, 11) is 0. The van der Waals surface area contributed by atoms with Crippen LogP contribution in [0.15, 0.2) is 24.3 Å². The SMILES string of the molecule is C[C@H](NS)C(=O)N[C@@H](Cc1ccc(O)cc1)C(=O)O. The average Bonchev–Trinajstić information content (AvgIpc) is 2.39. The number of carbonyl (C=O) groups excluding carboxylic acids is 1. The fraction of sp³-hybridized carbons (Fsp3) is 0.333. The zero-order valence-electron chi connectivity index (χ0n) is 10.3. The molecule has 0 unspecified atom stereocenters. The van der Waals surface area contributed by atoms with Crippen LogP contribution < -0.4 is 10.0 Å². The van der Waals surface area contributed by atoms with E-state index in [1.165, 1.54) is 12.1 Å². The normalized spacial score (nSPS) is 13.6. The molecule has 0 saturated carbocycles. The lowest BCUT2D eigenvalue weighted by Crippen LogP contribution is -2.48. The zero-order valence-corrected chi connectivity index (χ0v) is 11.2. The number of aromatic hydroxyl groups is 1. The average molecular weight is 284 g/mol. The van der Waals surface area contributed by atoms with Crippen molar-refractivity contribution in [2.24, 2.45) is 0 Å². The first-order valence-electron chi connectivity index (χ1n) is 5.64. The van der Waals surface area contributed by atoms with Crippen LogP contribution in [0.4, 0.5) is 0 Å². The Balaban J connectivity index is 2.71. The number of carboxylic acids is 1. The first kappa shape index (κ1) is 15.3. The maximum absolute atomic E-state index is 11.6. The van der Waals surface area contributed by atoms with Crippen LogP contribution in [-0.4, -0.2) is 34.2 Å². The lowest BCUT2D eigenvalue weighted by molar-refractivity contribution is -0.141. The molecule has 7 heteroatoms. The van der Waals surface area contributed by atoms with E-state index in [0.717, 1.165) is 0 Å². The zero-order chi connectivity index (χ0) is 14.4. The number of amides is 1. The van der Waals surface area contributed by atoms with E-state index in [2.05, 4.69) is 22.9 Å². The molecular weight excluding hydrogens is 268 g/mol. The summed E-state index contributed by atoms with van der Waals surface area (Å²) < 4.78 is 2.44. The van der Waals surface area contributed by atoms with Crippen LogP contribution >= 0.6 is 12.8 Å². The first-order chi connectivity index (χ1) is 8.93. The molecular formula is C12H16N2O4S.